The van der Waals surface area contributed by atoms with E-state index in [-0.39, 0.29) is 12.2 Å². The quantitative estimate of drug-likeness (QED) is 0.138. The van der Waals surface area contributed by atoms with Gasteiger partial charge in [-0.05, 0) is 6.42 Å². The minimum atomic E-state index is -1.48. The maximum Gasteiger partial charge on any atom is 0.326 e. The van der Waals surface area contributed by atoms with Crippen LogP contribution in [-0.4, -0.2) is 81.4 Å². The highest BCUT2D eigenvalue weighted by atomic mass is 32.1. The summed E-state index contributed by atoms with van der Waals surface area (Å²) in [5.41, 5.74) is 5.31. The van der Waals surface area contributed by atoms with Crippen molar-refractivity contribution in [1.82, 2.24) is 16.0 Å². The van der Waals surface area contributed by atoms with E-state index in [4.69, 9.17) is 21.1 Å². The van der Waals surface area contributed by atoms with Crippen LogP contribution in [0.1, 0.15) is 19.3 Å². The Bertz CT molecular complexity index is 628. The Morgan fingerprint density at radius 2 is 1.50 bits per heavy atom. The number of thiol groups is 1. The number of hydrogen-bond acceptors (Lipinski definition) is 8. The van der Waals surface area contributed by atoms with Gasteiger partial charge in [-0.25, -0.2) is 4.79 Å². The highest BCUT2D eigenvalue weighted by Crippen LogP contribution is 2.00. The summed E-state index contributed by atoms with van der Waals surface area (Å²) >= 11 is 3.88. The maximum atomic E-state index is 12.1. The molecule has 0 aromatic heterocycles. The molecular weight excluding hydrogens is 400 g/mol. The predicted molar refractivity (Wildman–Crippen MR) is 95.5 cm³/mol. The van der Waals surface area contributed by atoms with Crippen LogP contribution in [0.3, 0.4) is 0 Å². The Labute approximate surface area is 164 Å². The zero-order valence-electron chi connectivity index (χ0n) is 14.6. The summed E-state index contributed by atoms with van der Waals surface area (Å²) in [7, 11) is 0. The zero-order chi connectivity index (χ0) is 21.9. The lowest BCUT2D eigenvalue weighted by atomic mass is 10.1. The van der Waals surface area contributed by atoms with Crippen molar-refractivity contribution in [2.75, 3.05) is 12.3 Å². The first-order chi connectivity index (χ1) is 13.0. The van der Waals surface area contributed by atoms with E-state index in [0.29, 0.717) is 0 Å². The summed E-state index contributed by atoms with van der Waals surface area (Å²) in [6, 6.07) is -4.09. The van der Waals surface area contributed by atoms with Gasteiger partial charge in [-0.2, -0.15) is 12.6 Å². The van der Waals surface area contributed by atoms with Gasteiger partial charge in [0.15, 0.2) is 0 Å². The van der Waals surface area contributed by atoms with Gasteiger partial charge < -0.3 is 37.0 Å². The van der Waals surface area contributed by atoms with Crippen LogP contribution in [0.25, 0.3) is 0 Å². The van der Waals surface area contributed by atoms with Gasteiger partial charge in [-0.3, -0.25) is 24.0 Å². The van der Waals surface area contributed by atoms with E-state index >= 15 is 0 Å². The van der Waals surface area contributed by atoms with Crippen LogP contribution in [0.15, 0.2) is 0 Å². The van der Waals surface area contributed by atoms with Gasteiger partial charge in [-0.1, -0.05) is 0 Å². The number of rotatable bonds is 13. The molecule has 14 heteroatoms. The van der Waals surface area contributed by atoms with E-state index in [1.54, 1.807) is 0 Å². The fourth-order valence-corrected chi connectivity index (χ4v) is 2.07. The Morgan fingerprint density at radius 1 is 0.893 bits per heavy atom. The van der Waals surface area contributed by atoms with E-state index in [9.17, 15) is 28.8 Å². The van der Waals surface area contributed by atoms with E-state index < -0.39 is 73.1 Å². The molecule has 0 aliphatic heterocycles. The monoisotopic (exact) mass is 422 g/mol. The molecule has 0 aromatic carbocycles. The van der Waals surface area contributed by atoms with Crippen molar-refractivity contribution < 1.29 is 44.1 Å². The number of nitrogens with two attached hydrogens (primary N) is 1. The third-order valence-electron chi connectivity index (χ3n) is 3.25. The molecular formula is C14H22N4O9S. The topological polar surface area (TPSA) is 225 Å². The van der Waals surface area contributed by atoms with E-state index in [1.807, 2.05) is 0 Å². The smallest absolute Gasteiger partial charge is 0.326 e. The molecule has 158 valence electrons. The molecule has 0 heterocycles. The van der Waals surface area contributed by atoms with Gasteiger partial charge in [0.25, 0.3) is 0 Å². The van der Waals surface area contributed by atoms with E-state index in [2.05, 4.69) is 28.6 Å². The molecule has 0 radical (unpaired) electrons. The number of nitrogens with one attached hydrogen (secondary N) is 3. The Hall–Kier alpha value is -2.87. The number of hydrogen-bond donors (Lipinski definition) is 8. The summed E-state index contributed by atoms with van der Waals surface area (Å²) in [5.74, 6) is -6.82. The second-order valence-electron chi connectivity index (χ2n) is 5.56. The Morgan fingerprint density at radius 3 is 1.96 bits per heavy atom. The van der Waals surface area contributed by atoms with Crippen molar-refractivity contribution in [3.8, 4) is 0 Å². The molecule has 8 N–H and O–H groups in total. The summed E-state index contributed by atoms with van der Waals surface area (Å²) in [6.45, 7) is -0.606. The largest absolute Gasteiger partial charge is 0.481 e. The summed E-state index contributed by atoms with van der Waals surface area (Å²) in [4.78, 5) is 67.5. The number of carbonyl (C=O) groups is 6. The van der Waals surface area contributed by atoms with Crippen molar-refractivity contribution in [3.63, 3.8) is 0 Å². The van der Waals surface area contributed by atoms with Crippen molar-refractivity contribution in [2.24, 2.45) is 5.73 Å². The third kappa shape index (κ3) is 10.3. The number of carboxylic acid groups (broad SMARTS) is 3. The molecule has 13 nitrogen and oxygen atoms in total. The second-order valence-corrected chi connectivity index (χ2v) is 5.92. The van der Waals surface area contributed by atoms with Crippen LogP contribution in [-0.2, 0) is 28.8 Å². The lowest BCUT2D eigenvalue weighted by Crippen LogP contribution is -2.54. The van der Waals surface area contributed by atoms with Gasteiger partial charge in [-0.15, -0.1) is 0 Å². The molecule has 28 heavy (non-hydrogen) atoms. The van der Waals surface area contributed by atoms with E-state index in [0.717, 1.165) is 0 Å². The van der Waals surface area contributed by atoms with Crippen LogP contribution < -0.4 is 21.7 Å². The first-order valence-electron chi connectivity index (χ1n) is 7.88. The summed E-state index contributed by atoms with van der Waals surface area (Å²) in [5, 5.41) is 32.5. The molecule has 3 unspecified atom stereocenters. The third-order valence-corrected chi connectivity index (χ3v) is 3.62. The van der Waals surface area contributed by atoms with Gasteiger partial charge in [0.05, 0.1) is 19.0 Å². The average Bonchev–Trinajstić information content (AvgIpc) is 2.59. The molecule has 0 spiro atoms. The molecule has 0 aliphatic rings. The maximum absolute atomic E-state index is 12.1. The van der Waals surface area contributed by atoms with Crippen LogP contribution in [0.4, 0.5) is 0 Å². The number of aliphatic carboxylic acids is 3. The summed E-state index contributed by atoms with van der Waals surface area (Å²) in [6.07, 6.45) is -1.49. The number of amides is 3. The molecule has 0 saturated heterocycles. The van der Waals surface area contributed by atoms with Gasteiger partial charge in [0.2, 0.25) is 17.7 Å². The molecule has 0 bridgehead atoms. The lowest BCUT2D eigenvalue weighted by molar-refractivity contribution is -0.143. The molecule has 0 aliphatic carbocycles. The molecule has 0 rings (SSSR count). The van der Waals surface area contributed by atoms with Crippen molar-refractivity contribution in [2.45, 2.75) is 37.4 Å². The fraction of sp³-hybridized carbons (Fsp3) is 0.571. The molecule has 3 amide bonds. The first kappa shape index (κ1) is 25.1. The van der Waals surface area contributed by atoms with Crippen molar-refractivity contribution >= 4 is 48.3 Å². The molecule has 0 aromatic rings. The van der Waals surface area contributed by atoms with Gasteiger partial charge in [0, 0.05) is 12.2 Å². The van der Waals surface area contributed by atoms with E-state index in [1.165, 1.54) is 0 Å². The standard InChI is InChI=1S/C14H22N4O9S/c15-6(3-11(22)23)12(24)16-4-9(19)17-8(5-28)13(25)18-7(14(26)27)1-2-10(20)21/h6-8,28H,1-5,15H2,(H,16,24)(H,17,19)(H,18,25)(H,20,21)(H,22,23)(H,26,27). The lowest BCUT2D eigenvalue weighted by Gasteiger charge is -2.20. The predicted octanol–water partition coefficient (Wildman–Crippen LogP) is -3.25. The van der Waals surface area contributed by atoms with Crippen LogP contribution >= 0.6 is 12.6 Å². The fourth-order valence-electron chi connectivity index (χ4n) is 1.82. The SMILES string of the molecule is NC(CC(=O)O)C(=O)NCC(=O)NC(CS)C(=O)NC(CCC(=O)O)C(=O)O. The minimum Gasteiger partial charge on any atom is -0.481 e. The molecule has 3 atom stereocenters. The van der Waals surface area contributed by atoms with Crippen molar-refractivity contribution in [1.29, 1.82) is 0 Å². The molecule has 0 fully saturated rings. The summed E-state index contributed by atoms with van der Waals surface area (Å²) < 4.78 is 0. The number of carbonyl (C=O) groups excluding carboxylic acids is 3. The van der Waals surface area contributed by atoms with Crippen LogP contribution in [0.5, 0.6) is 0 Å². The Kier molecular flexibility index (Phi) is 11.2. The Balaban J connectivity index is 4.64. The zero-order valence-corrected chi connectivity index (χ0v) is 15.5. The van der Waals surface area contributed by atoms with Crippen LogP contribution in [0, 0.1) is 0 Å². The average molecular weight is 422 g/mol. The number of carboxylic acids is 3. The van der Waals surface area contributed by atoms with Crippen molar-refractivity contribution in [3.05, 3.63) is 0 Å². The van der Waals surface area contributed by atoms with Crippen LogP contribution in [0.2, 0.25) is 0 Å². The second kappa shape index (κ2) is 12.5. The highest BCUT2D eigenvalue weighted by Gasteiger charge is 2.26. The highest BCUT2D eigenvalue weighted by molar-refractivity contribution is 7.80. The normalized spacial score (nSPS) is 13.5. The molecule has 0 saturated carbocycles. The minimum absolute atomic E-state index is 0.213. The first-order valence-corrected chi connectivity index (χ1v) is 8.51. The van der Waals surface area contributed by atoms with Gasteiger partial charge in [0.1, 0.15) is 12.1 Å². The van der Waals surface area contributed by atoms with Gasteiger partial charge >= 0.3 is 17.9 Å².